The molecule has 0 saturated heterocycles. The second kappa shape index (κ2) is 6.24. The van der Waals surface area contributed by atoms with E-state index >= 15 is 0 Å². The van der Waals surface area contributed by atoms with Crippen LogP contribution in [-0.2, 0) is 0 Å². The molecular formula is C14H20ClN3O. The fraction of sp³-hybridized carbons (Fsp3) is 0.571. The molecule has 1 saturated carbocycles. The Bertz CT molecular complexity index is 458. The van der Waals surface area contributed by atoms with Crippen LogP contribution in [0.25, 0.3) is 0 Å². The fourth-order valence-electron chi connectivity index (χ4n) is 2.51. The number of hydrogen-bond donors (Lipinski definition) is 1. The Kier molecular flexibility index (Phi) is 4.64. The summed E-state index contributed by atoms with van der Waals surface area (Å²) in [5.74, 6) is 0.633. The highest BCUT2D eigenvalue weighted by Gasteiger charge is 2.24. The number of rotatable bonds is 4. The van der Waals surface area contributed by atoms with Gasteiger partial charge in [0, 0.05) is 25.8 Å². The molecule has 0 spiro atoms. The first kappa shape index (κ1) is 14.1. The predicted octanol–water partition coefficient (Wildman–Crippen LogP) is 3.18. The maximum atomic E-state index is 12.4. The van der Waals surface area contributed by atoms with E-state index in [4.69, 9.17) is 11.6 Å². The third kappa shape index (κ3) is 3.18. The number of nitrogens with zero attached hydrogens (tertiary/aromatic N) is 2. The summed E-state index contributed by atoms with van der Waals surface area (Å²) in [4.78, 5) is 18.4. The first-order valence-corrected chi connectivity index (χ1v) is 7.18. The molecule has 1 heterocycles. The van der Waals surface area contributed by atoms with Crippen molar-refractivity contribution >= 4 is 23.3 Å². The van der Waals surface area contributed by atoms with Crippen molar-refractivity contribution in [3.63, 3.8) is 0 Å². The zero-order chi connectivity index (χ0) is 13.8. The highest BCUT2D eigenvalue weighted by atomic mass is 35.5. The zero-order valence-electron chi connectivity index (χ0n) is 11.4. The second-order valence-corrected chi connectivity index (χ2v) is 5.35. The highest BCUT2D eigenvalue weighted by Crippen LogP contribution is 2.25. The van der Waals surface area contributed by atoms with E-state index in [0.29, 0.717) is 22.4 Å². The number of nitrogens with one attached hydrogen (secondary N) is 1. The first-order chi connectivity index (χ1) is 9.13. The average Bonchev–Trinajstić information content (AvgIpc) is 2.93. The van der Waals surface area contributed by atoms with Gasteiger partial charge in [-0.1, -0.05) is 24.4 Å². The number of pyridine rings is 1. The van der Waals surface area contributed by atoms with E-state index in [1.54, 1.807) is 12.3 Å². The van der Waals surface area contributed by atoms with E-state index in [1.807, 2.05) is 18.9 Å². The zero-order valence-corrected chi connectivity index (χ0v) is 12.2. The van der Waals surface area contributed by atoms with Crippen molar-refractivity contribution in [3.8, 4) is 0 Å². The van der Waals surface area contributed by atoms with Crippen molar-refractivity contribution in [1.82, 2.24) is 9.88 Å². The van der Waals surface area contributed by atoms with Crippen LogP contribution in [-0.4, -0.2) is 35.4 Å². The summed E-state index contributed by atoms with van der Waals surface area (Å²) in [5.41, 5.74) is 0.557. The molecule has 104 valence electrons. The molecule has 0 bridgehead atoms. The quantitative estimate of drug-likeness (QED) is 0.922. The maximum Gasteiger partial charge on any atom is 0.255 e. The topological polar surface area (TPSA) is 45.2 Å². The van der Waals surface area contributed by atoms with Crippen molar-refractivity contribution < 1.29 is 4.79 Å². The molecule has 1 amide bonds. The van der Waals surface area contributed by atoms with Crippen LogP contribution in [0.4, 0.5) is 5.82 Å². The van der Waals surface area contributed by atoms with Crippen molar-refractivity contribution in [2.24, 2.45) is 0 Å². The molecule has 2 rings (SSSR count). The average molecular weight is 282 g/mol. The van der Waals surface area contributed by atoms with Crippen LogP contribution >= 0.6 is 11.6 Å². The predicted molar refractivity (Wildman–Crippen MR) is 77.8 cm³/mol. The number of carbonyl (C=O) groups excluding carboxylic acids is 1. The van der Waals surface area contributed by atoms with Crippen molar-refractivity contribution in [2.75, 3.05) is 18.9 Å². The minimum atomic E-state index is 0.00403. The number of halogens is 1. The Morgan fingerprint density at radius 3 is 2.79 bits per heavy atom. The molecule has 4 nitrogen and oxygen atoms in total. The van der Waals surface area contributed by atoms with Crippen molar-refractivity contribution in [1.29, 1.82) is 0 Å². The summed E-state index contributed by atoms with van der Waals surface area (Å²) >= 11 is 6.12. The van der Waals surface area contributed by atoms with Gasteiger partial charge in [-0.2, -0.15) is 0 Å². The minimum Gasteiger partial charge on any atom is -0.369 e. The largest absolute Gasteiger partial charge is 0.369 e. The third-order valence-corrected chi connectivity index (χ3v) is 3.91. The van der Waals surface area contributed by atoms with Crippen LogP contribution in [0, 0.1) is 0 Å². The Morgan fingerprint density at radius 2 is 2.21 bits per heavy atom. The van der Waals surface area contributed by atoms with Crippen molar-refractivity contribution in [3.05, 3.63) is 22.8 Å². The van der Waals surface area contributed by atoms with Gasteiger partial charge in [-0.3, -0.25) is 4.79 Å². The van der Waals surface area contributed by atoms with Crippen LogP contribution in [0.15, 0.2) is 12.3 Å². The van der Waals surface area contributed by atoms with E-state index in [-0.39, 0.29) is 5.91 Å². The van der Waals surface area contributed by atoms with Crippen LogP contribution < -0.4 is 5.32 Å². The molecular weight excluding hydrogens is 262 g/mol. The number of hydrogen-bond acceptors (Lipinski definition) is 3. The van der Waals surface area contributed by atoms with Gasteiger partial charge in [-0.15, -0.1) is 0 Å². The standard InChI is InChI=1S/C14H20ClN3O/c1-3-16-13-12(15)8-10(9-17-13)14(19)18(2)11-6-4-5-7-11/h8-9,11H,3-7H2,1-2H3,(H,16,17). The lowest BCUT2D eigenvalue weighted by atomic mass is 10.2. The summed E-state index contributed by atoms with van der Waals surface area (Å²) in [5, 5.41) is 3.55. The number of anilines is 1. The van der Waals surface area contributed by atoms with E-state index in [9.17, 15) is 4.79 Å². The number of carbonyl (C=O) groups is 1. The van der Waals surface area contributed by atoms with E-state index in [1.165, 1.54) is 12.8 Å². The molecule has 0 radical (unpaired) electrons. The van der Waals surface area contributed by atoms with Gasteiger partial charge in [0.25, 0.3) is 5.91 Å². The monoisotopic (exact) mass is 281 g/mol. The highest BCUT2D eigenvalue weighted by molar-refractivity contribution is 6.33. The van der Waals surface area contributed by atoms with Gasteiger partial charge >= 0.3 is 0 Å². The smallest absolute Gasteiger partial charge is 0.255 e. The molecule has 1 N–H and O–H groups in total. The molecule has 0 unspecified atom stereocenters. The molecule has 0 aromatic carbocycles. The van der Waals surface area contributed by atoms with E-state index in [2.05, 4.69) is 10.3 Å². The van der Waals surface area contributed by atoms with Gasteiger partial charge in [0.15, 0.2) is 0 Å². The summed E-state index contributed by atoms with van der Waals surface area (Å²) < 4.78 is 0. The summed E-state index contributed by atoms with van der Waals surface area (Å²) in [7, 11) is 1.87. The maximum absolute atomic E-state index is 12.4. The molecule has 1 fully saturated rings. The lowest BCUT2D eigenvalue weighted by Crippen LogP contribution is -2.35. The first-order valence-electron chi connectivity index (χ1n) is 6.80. The van der Waals surface area contributed by atoms with Crippen LogP contribution in [0.1, 0.15) is 43.0 Å². The van der Waals surface area contributed by atoms with Gasteiger partial charge in [0.1, 0.15) is 5.82 Å². The van der Waals surface area contributed by atoms with Gasteiger partial charge in [-0.05, 0) is 25.8 Å². The molecule has 1 aliphatic rings. The summed E-state index contributed by atoms with van der Waals surface area (Å²) in [6.07, 6.45) is 6.21. The lowest BCUT2D eigenvalue weighted by molar-refractivity contribution is 0.0735. The fourth-order valence-corrected chi connectivity index (χ4v) is 2.75. The third-order valence-electron chi connectivity index (χ3n) is 3.63. The molecule has 1 aliphatic carbocycles. The summed E-state index contributed by atoms with van der Waals surface area (Å²) in [6, 6.07) is 2.06. The molecule has 1 aromatic heterocycles. The van der Waals surface area contributed by atoms with E-state index < -0.39 is 0 Å². The van der Waals surface area contributed by atoms with E-state index in [0.717, 1.165) is 19.4 Å². The van der Waals surface area contributed by atoms with Crippen LogP contribution in [0.2, 0.25) is 5.02 Å². The molecule has 1 aromatic rings. The SMILES string of the molecule is CCNc1ncc(C(=O)N(C)C2CCCC2)cc1Cl. The van der Waals surface area contributed by atoms with Crippen LogP contribution in [0.5, 0.6) is 0 Å². The second-order valence-electron chi connectivity index (χ2n) is 4.94. The lowest BCUT2D eigenvalue weighted by Gasteiger charge is -2.24. The van der Waals surface area contributed by atoms with Gasteiger partial charge in [-0.25, -0.2) is 4.98 Å². The summed E-state index contributed by atoms with van der Waals surface area (Å²) in [6.45, 7) is 2.73. The van der Waals surface area contributed by atoms with Gasteiger partial charge < -0.3 is 10.2 Å². The van der Waals surface area contributed by atoms with Gasteiger partial charge in [0.2, 0.25) is 0 Å². The molecule has 19 heavy (non-hydrogen) atoms. The Balaban J connectivity index is 2.12. The minimum absolute atomic E-state index is 0.00403. The molecule has 5 heteroatoms. The Morgan fingerprint density at radius 1 is 1.53 bits per heavy atom. The Hall–Kier alpha value is -1.29. The molecule has 0 atom stereocenters. The van der Waals surface area contributed by atoms with Crippen LogP contribution in [0.3, 0.4) is 0 Å². The number of aromatic nitrogens is 1. The van der Waals surface area contributed by atoms with Crippen molar-refractivity contribution in [2.45, 2.75) is 38.6 Å². The normalized spacial score (nSPS) is 15.5. The van der Waals surface area contributed by atoms with Gasteiger partial charge in [0.05, 0.1) is 10.6 Å². The Labute approximate surface area is 119 Å². The number of amides is 1. The molecule has 0 aliphatic heterocycles.